The third-order valence-corrected chi connectivity index (χ3v) is 4.49. The number of likely N-dealkylation sites (N-methyl/N-ethyl adjacent to an activating group) is 1. The van der Waals surface area contributed by atoms with Gasteiger partial charge in [-0.05, 0) is 50.6 Å². The molecular formula is C21H38IN5O. The van der Waals surface area contributed by atoms with Gasteiger partial charge in [0.05, 0.1) is 0 Å². The summed E-state index contributed by atoms with van der Waals surface area (Å²) in [6.45, 7) is 6.12. The first-order chi connectivity index (χ1) is 12.7. The number of amides is 1. The molecule has 1 aromatic rings. The van der Waals surface area contributed by atoms with Crippen LogP contribution in [-0.2, 0) is 6.42 Å². The van der Waals surface area contributed by atoms with Gasteiger partial charge in [0.1, 0.15) is 0 Å². The summed E-state index contributed by atoms with van der Waals surface area (Å²) in [6, 6.07) is 8.28. The van der Waals surface area contributed by atoms with E-state index in [0.717, 1.165) is 43.0 Å². The maximum absolute atomic E-state index is 12.1. The molecule has 1 aromatic carbocycles. The number of hydrogen-bond acceptors (Lipinski definition) is 3. The van der Waals surface area contributed by atoms with Crippen LogP contribution in [0.15, 0.2) is 29.3 Å². The molecule has 7 heteroatoms. The Morgan fingerprint density at radius 1 is 1.14 bits per heavy atom. The minimum atomic E-state index is 0. The summed E-state index contributed by atoms with van der Waals surface area (Å²) in [7, 11) is 9.57. The Bertz CT molecular complexity index is 617. The van der Waals surface area contributed by atoms with Crippen molar-refractivity contribution in [3.05, 3.63) is 35.4 Å². The van der Waals surface area contributed by atoms with Gasteiger partial charge in [-0.3, -0.25) is 9.79 Å². The van der Waals surface area contributed by atoms with Crippen molar-refractivity contribution in [2.24, 2.45) is 10.9 Å². The van der Waals surface area contributed by atoms with Gasteiger partial charge in [0, 0.05) is 45.8 Å². The van der Waals surface area contributed by atoms with Crippen molar-refractivity contribution in [1.82, 2.24) is 20.4 Å². The molecular weight excluding hydrogens is 465 g/mol. The van der Waals surface area contributed by atoms with Gasteiger partial charge in [0.25, 0.3) is 5.91 Å². The minimum Gasteiger partial charge on any atom is -0.356 e. The number of aliphatic imine (C=N–C) groups is 1. The van der Waals surface area contributed by atoms with E-state index in [0.29, 0.717) is 12.0 Å². The second kappa shape index (κ2) is 13.8. The highest BCUT2D eigenvalue weighted by Gasteiger charge is 2.14. The highest BCUT2D eigenvalue weighted by Crippen LogP contribution is 2.09. The fourth-order valence-corrected chi connectivity index (χ4v) is 2.90. The maximum Gasteiger partial charge on any atom is 0.253 e. The van der Waals surface area contributed by atoms with Crippen LogP contribution in [0.1, 0.15) is 36.2 Å². The fraction of sp³-hybridized carbons (Fsp3) is 0.619. The van der Waals surface area contributed by atoms with Crippen LogP contribution in [0.4, 0.5) is 0 Å². The zero-order valence-electron chi connectivity index (χ0n) is 18.5. The Hall–Kier alpha value is -1.35. The van der Waals surface area contributed by atoms with Crippen molar-refractivity contribution in [2.75, 3.05) is 48.3 Å². The number of carbonyl (C=O) groups is 1. The van der Waals surface area contributed by atoms with E-state index in [-0.39, 0.29) is 29.9 Å². The number of carbonyl (C=O) groups excluding carboxylic acids is 1. The molecule has 1 rings (SSSR count). The van der Waals surface area contributed by atoms with Gasteiger partial charge in [-0.15, -0.1) is 24.0 Å². The predicted octanol–water partition coefficient (Wildman–Crippen LogP) is 2.69. The second-order valence-corrected chi connectivity index (χ2v) is 7.78. The Morgan fingerprint density at radius 2 is 1.82 bits per heavy atom. The Balaban J connectivity index is 0.00000729. The first kappa shape index (κ1) is 26.6. The first-order valence-electron chi connectivity index (χ1n) is 9.66. The predicted molar refractivity (Wildman–Crippen MR) is 130 cm³/mol. The number of rotatable bonds is 9. The average molecular weight is 503 g/mol. The van der Waals surface area contributed by atoms with Gasteiger partial charge in [-0.1, -0.05) is 26.0 Å². The molecule has 28 heavy (non-hydrogen) atoms. The van der Waals surface area contributed by atoms with Crippen LogP contribution in [0.2, 0.25) is 0 Å². The van der Waals surface area contributed by atoms with Crippen LogP contribution < -0.4 is 10.6 Å². The summed E-state index contributed by atoms with van der Waals surface area (Å²) in [4.78, 5) is 20.3. The Morgan fingerprint density at radius 3 is 2.36 bits per heavy atom. The van der Waals surface area contributed by atoms with Crippen molar-refractivity contribution in [3.8, 4) is 0 Å². The van der Waals surface area contributed by atoms with Gasteiger partial charge in [0.15, 0.2) is 5.96 Å². The largest absolute Gasteiger partial charge is 0.356 e. The third kappa shape index (κ3) is 9.73. The second-order valence-electron chi connectivity index (χ2n) is 7.78. The monoisotopic (exact) mass is 503 g/mol. The average Bonchev–Trinajstić information content (AvgIpc) is 2.62. The van der Waals surface area contributed by atoms with Gasteiger partial charge in [0.2, 0.25) is 0 Å². The van der Waals surface area contributed by atoms with Crippen molar-refractivity contribution in [1.29, 1.82) is 0 Å². The Kier molecular flexibility index (Phi) is 13.1. The van der Waals surface area contributed by atoms with Crippen LogP contribution in [0.5, 0.6) is 0 Å². The number of nitrogens with one attached hydrogen (secondary N) is 2. The Labute approximate surface area is 188 Å². The summed E-state index contributed by atoms with van der Waals surface area (Å²) in [5.41, 5.74) is 1.86. The molecule has 1 atom stereocenters. The normalized spacial score (nSPS) is 12.5. The topological polar surface area (TPSA) is 60.0 Å². The number of guanidine groups is 1. The van der Waals surface area contributed by atoms with E-state index in [1.807, 2.05) is 18.2 Å². The van der Waals surface area contributed by atoms with E-state index in [2.05, 4.69) is 54.5 Å². The zero-order valence-corrected chi connectivity index (χ0v) is 20.8. The highest BCUT2D eigenvalue weighted by atomic mass is 127. The van der Waals surface area contributed by atoms with Crippen molar-refractivity contribution in [2.45, 2.75) is 32.7 Å². The molecule has 0 heterocycles. The molecule has 0 aliphatic carbocycles. The lowest BCUT2D eigenvalue weighted by atomic mass is 10.0. The van der Waals surface area contributed by atoms with Gasteiger partial charge in [-0.25, -0.2) is 0 Å². The quantitative estimate of drug-likeness (QED) is 0.309. The molecule has 0 saturated heterocycles. The van der Waals surface area contributed by atoms with Gasteiger partial charge in [-0.2, -0.15) is 0 Å². The number of halogens is 1. The van der Waals surface area contributed by atoms with Crippen LogP contribution in [0, 0.1) is 5.92 Å². The van der Waals surface area contributed by atoms with Crippen LogP contribution in [0.25, 0.3) is 0 Å². The molecule has 0 saturated carbocycles. The lowest BCUT2D eigenvalue weighted by Crippen LogP contribution is -2.45. The van der Waals surface area contributed by atoms with E-state index < -0.39 is 0 Å². The summed E-state index contributed by atoms with van der Waals surface area (Å²) < 4.78 is 0. The molecule has 6 nitrogen and oxygen atoms in total. The number of nitrogens with zero attached hydrogens (tertiary/aromatic N) is 3. The molecule has 0 aliphatic heterocycles. The maximum atomic E-state index is 12.1. The molecule has 0 aliphatic rings. The summed E-state index contributed by atoms with van der Waals surface area (Å²) in [6.07, 6.45) is 1.97. The van der Waals surface area contributed by atoms with Gasteiger partial charge >= 0.3 is 0 Å². The molecule has 1 amide bonds. The number of hydrogen-bond donors (Lipinski definition) is 2. The standard InChI is InChI=1S/C21H37N5O.HI/c1-16(2)13-19(25(4)5)15-24-21(22-3)23-12-11-17-9-8-10-18(14-17)20(27)26(6)7;/h8-10,14,16,19H,11-13,15H2,1-7H3,(H2,22,23,24);1H. The first-order valence-corrected chi connectivity index (χ1v) is 9.66. The molecule has 160 valence electrons. The van der Waals surface area contributed by atoms with Crippen LogP contribution in [-0.4, -0.2) is 76.0 Å². The third-order valence-electron chi connectivity index (χ3n) is 4.49. The zero-order chi connectivity index (χ0) is 20.4. The molecule has 0 radical (unpaired) electrons. The van der Waals surface area contributed by atoms with E-state index in [1.54, 1.807) is 26.0 Å². The van der Waals surface area contributed by atoms with E-state index in [4.69, 9.17) is 0 Å². The highest BCUT2D eigenvalue weighted by molar-refractivity contribution is 14.0. The summed E-state index contributed by atoms with van der Waals surface area (Å²) in [5, 5.41) is 6.79. The van der Waals surface area contributed by atoms with Crippen molar-refractivity contribution < 1.29 is 4.79 Å². The minimum absolute atomic E-state index is 0. The van der Waals surface area contributed by atoms with Crippen LogP contribution in [0.3, 0.4) is 0 Å². The van der Waals surface area contributed by atoms with Crippen molar-refractivity contribution >= 4 is 35.8 Å². The molecule has 0 bridgehead atoms. The SMILES string of the molecule is CN=C(NCCc1cccc(C(=O)N(C)C)c1)NCC(CC(C)C)N(C)C.I. The van der Waals surface area contributed by atoms with E-state index in [1.165, 1.54) is 0 Å². The molecule has 0 fully saturated rings. The van der Waals surface area contributed by atoms with Gasteiger partial charge < -0.3 is 20.4 Å². The van der Waals surface area contributed by atoms with Crippen LogP contribution >= 0.6 is 24.0 Å². The smallest absolute Gasteiger partial charge is 0.253 e. The molecule has 0 aromatic heterocycles. The number of benzene rings is 1. The van der Waals surface area contributed by atoms with Crippen molar-refractivity contribution in [3.63, 3.8) is 0 Å². The summed E-state index contributed by atoms with van der Waals surface area (Å²) in [5.74, 6) is 1.50. The molecule has 1 unspecified atom stereocenters. The lowest BCUT2D eigenvalue weighted by molar-refractivity contribution is 0.0827. The lowest BCUT2D eigenvalue weighted by Gasteiger charge is -2.27. The summed E-state index contributed by atoms with van der Waals surface area (Å²) >= 11 is 0. The van der Waals surface area contributed by atoms with E-state index in [9.17, 15) is 4.79 Å². The molecule has 0 spiro atoms. The molecule has 2 N–H and O–H groups in total. The van der Waals surface area contributed by atoms with E-state index >= 15 is 0 Å². The fourth-order valence-electron chi connectivity index (χ4n) is 2.90.